The molecule has 0 bridgehead atoms. The van der Waals surface area contributed by atoms with Crippen molar-refractivity contribution in [3.63, 3.8) is 0 Å². The van der Waals surface area contributed by atoms with Crippen molar-refractivity contribution in [1.29, 1.82) is 0 Å². The monoisotopic (exact) mass is 426 g/mol. The summed E-state index contributed by atoms with van der Waals surface area (Å²) in [5, 5.41) is 2.91. The lowest BCUT2D eigenvalue weighted by Gasteiger charge is -2.30. The SMILES string of the molecule is COC(=O)c1coc(/C=C/C(=O)N2CCC(C(=O)Nc3ccc4c(c3)OCO4)CC2)c1. The first-order valence-electron chi connectivity index (χ1n) is 9.88. The van der Waals surface area contributed by atoms with Crippen molar-refractivity contribution in [2.24, 2.45) is 5.92 Å². The van der Waals surface area contributed by atoms with E-state index < -0.39 is 5.97 Å². The highest BCUT2D eigenvalue weighted by molar-refractivity contribution is 5.94. The minimum atomic E-state index is -0.504. The summed E-state index contributed by atoms with van der Waals surface area (Å²) in [6, 6.07) is 6.78. The van der Waals surface area contributed by atoms with E-state index in [9.17, 15) is 14.4 Å². The topological polar surface area (TPSA) is 107 Å². The quantitative estimate of drug-likeness (QED) is 0.579. The number of esters is 1. The first-order valence-corrected chi connectivity index (χ1v) is 9.88. The van der Waals surface area contributed by atoms with E-state index >= 15 is 0 Å². The Balaban J connectivity index is 1.27. The van der Waals surface area contributed by atoms with Crippen LogP contribution in [0.1, 0.15) is 29.0 Å². The number of nitrogens with one attached hydrogen (secondary N) is 1. The van der Waals surface area contributed by atoms with E-state index in [1.54, 1.807) is 23.1 Å². The fourth-order valence-corrected chi connectivity index (χ4v) is 3.50. The second-order valence-electron chi connectivity index (χ2n) is 7.22. The molecule has 1 N–H and O–H groups in total. The number of fused-ring (bicyclic) bond motifs is 1. The van der Waals surface area contributed by atoms with Gasteiger partial charge in [0.05, 0.1) is 12.7 Å². The molecule has 2 aliphatic heterocycles. The molecule has 0 atom stereocenters. The van der Waals surface area contributed by atoms with E-state index in [0.717, 1.165) is 0 Å². The molecule has 0 radical (unpaired) electrons. The van der Waals surface area contributed by atoms with E-state index in [1.165, 1.54) is 31.6 Å². The summed E-state index contributed by atoms with van der Waals surface area (Å²) in [4.78, 5) is 38.1. The summed E-state index contributed by atoms with van der Waals surface area (Å²) in [6.45, 7) is 1.14. The molecule has 1 aromatic carbocycles. The van der Waals surface area contributed by atoms with Crippen LogP contribution in [0.3, 0.4) is 0 Å². The van der Waals surface area contributed by atoms with E-state index in [2.05, 4.69) is 10.1 Å². The fraction of sp³-hybridized carbons (Fsp3) is 0.318. The van der Waals surface area contributed by atoms with Crippen molar-refractivity contribution in [2.45, 2.75) is 12.8 Å². The fourth-order valence-electron chi connectivity index (χ4n) is 3.50. The number of piperidine rings is 1. The molecule has 9 nitrogen and oxygen atoms in total. The molecule has 31 heavy (non-hydrogen) atoms. The Hall–Kier alpha value is -3.75. The largest absolute Gasteiger partial charge is 0.465 e. The molecule has 2 amide bonds. The molecule has 2 aliphatic rings. The molecule has 9 heteroatoms. The lowest BCUT2D eigenvalue weighted by Crippen LogP contribution is -2.40. The predicted molar refractivity (Wildman–Crippen MR) is 110 cm³/mol. The van der Waals surface area contributed by atoms with Crippen LogP contribution in [0.25, 0.3) is 6.08 Å². The number of hydrogen-bond acceptors (Lipinski definition) is 7. The molecule has 1 fully saturated rings. The number of hydrogen-bond donors (Lipinski definition) is 1. The molecule has 0 aliphatic carbocycles. The van der Waals surface area contributed by atoms with Crippen LogP contribution in [0.15, 0.2) is 41.0 Å². The molecule has 0 unspecified atom stereocenters. The molecule has 1 aromatic heterocycles. The third-order valence-corrected chi connectivity index (χ3v) is 5.25. The molecule has 162 valence electrons. The number of methoxy groups -OCH3 is 1. The van der Waals surface area contributed by atoms with Gasteiger partial charge in [-0.25, -0.2) is 4.79 Å². The Morgan fingerprint density at radius 2 is 1.90 bits per heavy atom. The number of nitrogens with zero attached hydrogens (tertiary/aromatic N) is 1. The smallest absolute Gasteiger partial charge is 0.341 e. The van der Waals surface area contributed by atoms with E-state index in [1.807, 2.05) is 0 Å². The number of ether oxygens (including phenoxy) is 3. The molecule has 4 rings (SSSR count). The maximum absolute atomic E-state index is 12.6. The third kappa shape index (κ3) is 4.71. The van der Waals surface area contributed by atoms with Crippen LogP contribution in [0.5, 0.6) is 11.5 Å². The number of carbonyl (C=O) groups excluding carboxylic acids is 3. The highest BCUT2D eigenvalue weighted by Crippen LogP contribution is 2.34. The average molecular weight is 426 g/mol. The zero-order chi connectivity index (χ0) is 21.8. The number of likely N-dealkylation sites (tertiary alicyclic amines) is 1. The van der Waals surface area contributed by atoms with Crippen LogP contribution < -0.4 is 14.8 Å². The molecule has 0 saturated carbocycles. The van der Waals surface area contributed by atoms with Crippen molar-refractivity contribution < 1.29 is 33.0 Å². The average Bonchev–Trinajstić information content (AvgIpc) is 3.46. The molecule has 3 heterocycles. The van der Waals surface area contributed by atoms with Gasteiger partial charge in [0.15, 0.2) is 11.5 Å². The molecular formula is C22H22N2O7. The van der Waals surface area contributed by atoms with Crippen molar-refractivity contribution in [3.05, 3.63) is 47.9 Å². The Morgan fingerprint density at radius 1 is 1.13 bits per heavy atom. The van der Waals surface area contributed by atoms with Gasteiger partial charge in [-0.05, 0) is 37.1 Å². The van der Waals surface area contributed by atoms with Gasteiger partial charge in [-0.1, -0.05) is 0 Å². The third-order valence-electron chi connectivity index (χ3n) is 5.25. The van der Waals surface area contributed by atoms with Crippen molar-refractivity contribution in [2.75, 3.05) is 32.3 Å². The Kier molecular flexibility index (Phi) is 5.92. The summed E-state index contributed by atoms with van der Waals surface area (Å²) in [5.74, 6) is 0.723. The Morgan fingerprint density at radius 3 is 2.68 bits per heavy atom. The number of carbonyl (C=O) groups is 3. The van der Waals surface area contributed by atoms with Gasteiger partial charge in [0, 0.05) is 36.8 Å². The van der Waals surface area contributed by atoms with Gasteiger partial charge in [0.1, 0.15) is 12.0 Å². The zero-order valence-corrected chi connectivity index (χ0v) is 17.0. The summed E-state index contributed by atoms with van der Waals surface area (Å²) in [7, 11) is 1.29. The van der Waals surface area contributed by atoms with Gasteiger partial charge in [-0.15, -0.1) is 0 Å². The second kappa shape index (κ2) is 8.95. The van der Waals surface area contributed by atoms with Crippen LogP contribution in [0.4, 0.5) is 5.69 Å². The number of anilines is 1. The summed E-state index contributed by atoms with van der Waals surface area (Å²) < 4.78 is 20.4. The highest BCUT2D eigenvalue weighted by Gasteiger charge is 2.27. The van der Waals surface area contributed by atoms with Crippen LogP contribution >= 0.6 is 0 Å². The minimum absolute atomic E-state index is 0.0765. The van der Waals surface area contributed by atoms with Crippen molar-refractivity contribution >= 4 is 29.5 Å². The molecule has 0 spiro atoms. The van der Waals surface area contributed by atoms with E-state index in [-0.39, 0.29) is 30.1 Å². The lowest BCUT2D eigenvalue weighted by molar-refractivity contribution is -0.130. The van der Waals surface area contributed by atoms with Gasteiger partial charge >= 0.3 is 5.97 Å². The maximum atomic E-state index is 12.6. The maximum Gasteiger partial charge on any atom is 0.341 e. The predicted octanol–water partition coefficient (Wildman–Crippen LogP) is 2.69. The van der Waals surface area contributed by atoms with Gasteiger partial charge in [-0.2, -0.15) is 0 Å². The lowest BCUT2D eigenvalue weighted by atomic mass is 9.95. The Labute approximate surface area is 178 Å². The van der Waals surface area contributed by atoms with E-state index in [0.29, 0.717) is 48.9 Å². The normalized spacial score (nSPS) is 15.8. The number of rotatable bonds is 5. The van der Waals surface area contributed by atoms with Crippen LogP contribution in [0, 0.1) is 5.92 Å². The molecule has 2 aromatic rings. The standard InChI is InChI=1S/C22H22N2O7/c1-28-22(27)15-10-17(29-12-15)3-5-20(25)24-8-6-14(7-9-24)21(26)23-16-2-4-18-19(11-16)31-13-30-18/h2-5,10-12,14H,6-9,13H2,1H3,(H,23,26)/b5-3+. The highest BCUT2D eigenvalue weighted by atomic mass is 16.7. The summed E-state index contributed by atoms with van der Waals surface area (Å²) in [5.41, 5.74) is 0.935. The minimum Gasteiger partial charge on any atom is -0.465 e. The summed E-state index contributed by atoms with van der Waals surface area (Å²) in [6.07, 6.45) is 5.33. The first-order chi connectivity index (χ1) is 15.0. The van der Waals surface area contributed by atoms with Gasteiger partial charge < -0.3 is 28.8 Å². The van der Waals surface area contributed by atoms with Crippen LogP contribution in [-0.2, 0) is 14.3 Å². The van der Waals surface area contributed by atoms with E-state index in [4.69, 9.17) is 13.9 Å². The van der Waals surface area contributed by atoms with Crippen molar-refractivity contribution in [3.8, 4) is 11.5 Å². The summed E-state index contributed by atoms with van der Waals surface area (Å²) >= 11 is 0. The number of furan rings is 1. The van der Waals surface area contributed by atoms with Crippen molar-refractivity contribution in [1.82, 2.24) is 4.90 Å². The number of benzene rings is 1. The second-order valence-corrected chi connectivity index (χ2v) is 7.22. The van der Waals surface area contributed by atoms with Gasteiger partial charge in [0.2, 0.25) is 18.6 Å². The van der Waals surface area contributed by atoms with Gasteiger partial charge in [0.25, 0.3) is 0 Å². The molecular weight excluding hydrogens is 404 g/mol. The molecule has 1 saturated heterocycles. The zero-order valence-electron chi connectivity index (χ0n) is 17.0. The van der Waals surface area contributed by atoms with Gasteiger partial charge in [-0.3, -0.25) is 9.59 Å². The van der Waals surface area contributed by atoms with Crippen LogP contribution in [0.2, 0.25) is 0 Å². The first kappa shape index (κ1) is 20.5. The Bertz CT molecular complexity index is 1020. The number of amides is 2. The van der Waals surface area contributed by atoms with Crippen LogP contribution in [-0.4, -0.2) is 49.7 Å².